The molecule has 2 aromatic heterocycles. The van der Waals surface area contributed by atoms with Gasteiger partial charge in [-0.15, -0.1) is 0 Å². The fraction of sp³-hybridized carbons (Fsp3) is 0.231. The summed E-state index contributed by atoms with van der Waals surface area (Å²) in [5.41, 5.74) is 1.78. The van der Waals surface area contributed by atoms with E-state index >= 15 is 0 Å². The standard InChI is InChI=1S/C13H12ClN5O2/c1-2-5-10-11(19(20)21)12(14)18(17-10)13-15-8-6-3-4-7-9(8)16-13/h3-4,6-7H,2,5H2,1H3,(H,15,16). The van der Waals surface area contributed by atoms with Crippen molar-refractivity contribution in [2.75, 3.05) is 0 Å². The van der Waals surface area contributed by atoms with Crippen molar-refractivity contribution in [3.05, 3.63) is 45.2 Å². The number of H-pyrrole nitrogens is 1. The van der Waals surface area contributed by atoms with Crippen LogP contribution < -0.4 is 0 Å². The summed E-state index contributed by atoms with van der Waals surface area (Å²) < 4.78 is 1.28. The quantitative estimate of drug-likeness (QED) is 0.591. The minimum Gasteiger partial charge on any atom is -0.322 e. The topological polar surface area (TPSA) is 89.6 Å². The lowest BCUT2D eigenvalue weighted by Crippen LogP contribution is -1.99. The predicted molar refractivity (Wildman–Crippen MR) is 78.9 cm³/mol. The fourth-order valence-electron chi connectivity index (χ4n) is 2.20. The van der Waals surface area contributed by atoms with Crippen LogP contribution in [0, 0.1) is 10.1 Å². The van der Waals surface area contributed by atoms with Crippen LogP contribution in [0.25, 0.3) is 17.0 Å². The summed E-state index contributed by atoms with van der Waals surface area (Å²) in [4.78, 5) is 18.1. The number of aryl methyl sites for hydroxylation is 1. The monoisotopic (exact) mass is 305 g/mol. The van der Waals surface area contributed by atoms with Gasteiger partial charge in [0.15, 0.2) is 0 Å². The van der Waals surface area contributed by atoms with Gasteiger partial charge in [0.1, 0.15) is 5.69 Å². The van der Waals surface area contributed by atoms with Gasteiger partial charge in [-0.3, -0.25) is 10.1 Å². The molecule has 21 heavy (non-hydrogen) atoms. The maximum atomic E-state index is 11.2. The number of fused-ring (bicyclic) bond motifs is 1. The van der Waals surface area contributed by atoms with Crippen molar-refractivity contribution in [3.63, 3.8) is 0 Å². The molecule has 8 heteroatoms. The van der Waals surface area contributed by atoms with Crippen LogP contribution in [0.3, 0.4) is 0 Å². The van der Waals surface area contributed by atoms with Crippen molar-refractivity contribution in [2.45, 2.75) is 19.8 Å². The Morgan fingerprint density at radius 3 is 2.86 bits per heavy atom. The third-order valence-electron chi connectivity index (χ3n) is 3.12. The molecular weight excluding hydrogens is 294 g/mol. The van der Waals surface area contributed by atoms with E-state index in [0.717, 1.165) is 17.5 Å². The largest absolute Gasteiger partial charge is 0.329 e. The first kappa shape index (κ1) is 13.6. The van der Waals surface area contributed by atoms with Crippen molar-refractivity contribution < 1.29 is 4.92 Å². The van der Waals surface area contributed by atoms with Crippen molar-refractivity contribution in [3.8, 4) is 5.95 Å². The van der Waals surface area contributed by atoms with Crippen LogP contribution in [0.5, 0.6) is 0 Å². The molecule has 0 unspecified atom stereocenters. The van der Waals surface area contributed by atoms with E-state index in [2.05, 4.69) is 15.1 Å². The van der Waals surface area contributed by atoms with E-state index in [-0.39, 0.29) is 10.8 Å². The Morgan fingerprint density at radius 1 is 1.43 bits per heavy atom. The van der Waals surface area contributed by atoms with Crippen LogP contribution in [0.15, 0.2) is 24.3 Å². The highest BCUT2D eigenvalue weighted by atomic mass is 35.5. The minimum atomic E-state index is -0.501. The average Bonchev–Trinajstić information content (AvgIpc) is 3.00. The van der Waals surface area contributed by atoms with Crippen molar-refractivity contribution >= 4 is 28.3 Å². The summed E-state index contributed by atoms with van der Waals surface area (Å²) in [5.74, 6) is 0.367. The molecule has 1 aromatic carbocycles. The minimum absolute atomic E-state index is 0.0393. The molecule has 0 aliphatic rings. The number of aromatic amines is 1. The molecule has 0 saturated carbocycles. The van der Waals surface area contributed by atoms with Gasteiger partial charge in [-0.05, 0) is 18.6 Å². The van der Waals surface area contributed by atoms with Gasteiger partial charge in [-0.1, -0.05) is 37.1 Å². The summed E-state index contributed by atoms with van der Waals surface area (Å²) >= 11 is 6.12. The zero-order valence-electron chi connectivity index (χ0n) is 11.2. The molecule has 0 atom stereocenters. The maximum absolute atomic E-state index is 11.2. The summed E-state index contributed by atoms with van der Waals surface area (Å²) in [6.45, 7) is 1.93. The molecule has 0 bridgehead atoms. The summed E-state index contributed by atoms with van der Waals surface area (Å²) in [7, 11) is 0. The summed E-state index contributed by atoms with van der Waals surface area (Å²) in [5, 5.41) is 15.4. The van der Waals surface area contributed by atoms with Crippen LogP contribution in [-0.4, -0.2) is 24.7 Å². The van der Waals surface area contributed by atoms with Gasteiger partial charge in [-0.2, -0.15) is 9.78 Å². The second-order valence-electron chi connectivity index (χ2n) is 4.58. The number of hydrogen-bond acceptors (Lipinski definition) is 4. The van der Waals surface area contributed by atoms with E-state index in [1.807, 2.05) is 31.2 Å². The van der Waals surface area contributed by atoms with E-state index in [0.29, 0.717) is 18.1 Å². The molecule has 0 aliphatic carbocycles. The number of imidazole rings is 1. The first-order valence-electron chi connectivity index (χ1n) is 6.48. The van der Waals surface area contributed by atoms with Crippen LogP contribution >= 0.6 is 11.6 Å². The SMILES string of the molecule is CCCc1nn(-c2nc3ccccc3[nH]2)c(Cl)c1[N+](=O)[O-]. The van der Waals surface area contributed by atoms with Gasteiger partial charge in [0.05, 0.1) is 16.0 Å². The number of nitrogens with zero attached hydrogens (tertiary/aromatic N) is 4. The number of nitro groups is 1. The molecule has 7 nitrogen and oxygen atoms in total. The first-order chi connectivity index (χ1) is 10.1. The normalized spacial score (nSPS) is 11.1. The third kappa shape index (κ3) is 2.25. The molecular formula is C13H12ClN5O2. The zero-order valence-corrected chi connectivity index (χ0v) is 12.0. The van der Waals surface area contributed by atoms with Crippen LogP contribution in [-0.2, 0) is 6.42 Å². The Bertz CT molecular complexity index is 790. The first-order valence-corrected chi connectivity index (χ1v) is 6.86. The molecule has 108 valence electrons. The Balaban J connectivity index is 2.17. The molecule has 3 rings (SSSR count). The van der Waals surface area contributed by atoms with Crippen LogP contribution in [0.2, 0.25) is 5.15 Å². The van der Waals surface area contributed by atoms with Crippen LogP contribution in [0.1, 0.15) is 19.0 Å². The van der Waals surface area contributed by atoms with E-state index in [1.54, 1.807) is 0 Å². The maximum Gasteiger partial charge on any atom is 0.329 e. The van der Waals surface area contributed by atoms with E-state index in [4.69, 9.17) is 11.6 Å². The van der Waals surface area contributed by atoms with E-state index < -0.39 is 4.92 Å². The zero-order chi connectivity index (χ0) is 15.0. The fourth-order valence-corrected chi connectivity index (χ4v) is 2.49. The molecule has 3 aromatic rings. The van der Waals surface area contributed by atoms with Crippen LogP contribution in [0.4, 0.5) is 5.69 Å². The predicted octanol–water partition coefficient (Wildman–Crippen LogP) is 3.26. The Labute approximate surface area is 124 Å². The number of benzene rings is 1. The lowest BCUT2D eigenvalue weighted by atomic mass is 10.2. The van der Waals surface area contributed by atoms with E-state index in [1.165, 1.54) is 4.68 Å². The third-order valence-corrected chi connectivity index (χ3v) is 3.46. The van der Waals surface area contributed by atoms with Gasteiger partial charge in [0.2, 0.25) is 11.1 Å². The van der Waals surface area contributed by atoms with Crippen molar-refractivity contribution in [2.24, 2.45) is 0 Å². The van der Waals surface area contributed by atoms with Gasteiger partial charge >= 0.3 is 5.69 Å². The molecule has 0 saturated heterocycles. The Hall–Kier alpha value is -2.41. The van der Waals surface area contributed by atoms with Gasteiger partial charge in [0.25, 0.3) is 0 Å². The molecule has 0 spiro atoms. The molecule has 0 radical (unpaired) electrons. The smallest absolute Gasteiger partial charge is 0.322 e. The lowest BCUT2D eigenvalue weighted by molar-refractivity contribution is -0.385. The average molecular weight is 306 g/mol. The van der Waals surface area contributed by atoms with Crippen molar-refractivity contribution in [1.29, 1.82) is 0 Å². The van der Waals surface area contributed by atoms with Crippen molar-refractivity contribution in [1.82, 2.24) is 19.7 Å². The number of para-hydroxylation sites is 2. The Morgan fingerprint density at radius 2 is 2.19 bits per heavy atom. The summed E-state index contributed by atoms with van der Waals surface area (Å²) in [6.07, 6.45) is 1.23. The number of hydrogen-bond donors (Lipinski definition) is 1. The highest BCUT2D eigenvalue weighted by molar-refractivity contribution is 6.32. The second kappa shape index (κ2) is 5.17. The number of aromatic nitrogens is 4. The molecule has 0 amide bonds. The Kier molecular flexibility index (Phi) is 3.34. The molecule has 2 heterocycles. The molecule has 1 N–H and O–H groups in total. The number of nitrogens with one attached hydrogen (secondary N) is 1. The number of rotatable bonds is 4. The van der Waals surface area contributed by atoms with E-state index in [9.17, 15) is 10.1 Å². The number of halogens is 1. The second-order valence-corrected chi connectivity index (χ2v) is 4.94. The lowest BCUT2D eigenvalue weighted by Gasteiger charge is -1.95. The highest BCUT2D eigenvalue weighted by Gasteiger charge is 2.27. The van der Waals surface area contributed by atoms with Gasteiger partial charge in [-0.25, -0.2) is 4.98 Å². The van der Waals surface area contributed by atoms with Gasteiger partial charge < -0.3 is 4.98 Å². The molecule has 0 aliphatic heterocycles. The highest BCUT2D eigenvalue weighted by Crippen LogP contribution is 2.31. The summed E-state index contributed by atoms with van der Waals surface area (Å²) in [6, 6.07) is 7.45. The van der Waals surface area contributed by atoms with Gasteiger partial charge in [0, 0.05) is 0 Å². The molecule has 0 fully saturated rings.